The van der Waals surface area contributed by atoms with Gasteiger partial charge in [0.1, 0.15) is 0 Å². The Labute approximate surface area is 126 Å². The summed E-state index contributed by atoms with van der Waals surface area (Å²) < 4.78 is 10.9. The molecule has 1 unspecified atom stereocenters. The van der Waals surface area contributed by atoms with Crippen LogP contribution in [0.4, 0.5) is 0 Å². The van der Waals surface area contributed by atoms with Gasteiger partial charge in [-0.3, -0.25) is 0 Å². The van der Waals surface area contributed by atoms with Gasteiger partial charge in [-0.2, -0.15) is 0 Å². The van der Waals surface area contributed by atoms with Crippen LogP contribution in [0.25, 0.3) is 0 Å². The van der Waals surface area contributed by atoms with E-state index in [-0.39, 0.29) is 24.3 Å². The second-order valence-electron chi connectivity index (χ2n) is 5.38. The zero-order chi connectivity index (χ0) is 15.3. The van der Waals surface area contributed by atoms with Crippen LogP contribution in [0, 0.1) is 0 Å². The van der Waals surface area contributed by atoms with E-state index in [9.17, 15) is 15.3 Å². The zero-order valence-corrected chi connectivity index (χ0v) is 11.7. The van der Waals surface area contributed by atoms with Crippen LogP contribution in [-0.2, 0) is 6.42 Å². The molecule has 2 aliphatic rings. The maximum atomic E-state index is 10.3. The van der Waals surface area contributed by atoms with Gasteiger partial charge in [0.15, 0.2) is 23.0 Å². The highest BCUT2D eigenvalue weighted by atomic mass is 16.7. The van der Waals surface area contributed by atoms with Gasteiger partial charge in [0.2, 0.25) is 12.5 Å². The Balaban J connectivity index is 1.91. The number of nitrogens with one attached hydrogen (secondary N) is 1. The molecule has 2 aromatic rings. The lowest BCUT2D eigenvalue weighted by Gasteiger charge is -2.29. The highest BCUT2D eigenvalue weighted by Gasteiger charge is 2.32. The van der Waals surface area contributed by atoms with Gasteiger partial charge in [-0.15, -0.1) is 0 Å². The maximum Gasteiger partial charge on any atom is 0.231 e. The quantitative estimate of drug-likeness (QED) is 0.600. The van der Waals surface area contributed by atoms with Crippen LogP contribution in [-0.4, -0.2) is 28.7 Å². The van der Waals surface area contributed by atoms with Crippen molar-refractivity contribution in [2.75, 3.05) is 13.3 Å². The normalized spacial score (nSPS) is 19.0. The summed E-state index contributed by atoms with van der Waals surface area (Å²) in [7, 11) is 0. The minimum absolute atomic E-state index is 0.165. The number of rotatable bonds is 1. The van der Waals surface area contributed by atoms with Crippen LogP contribution in [0.3, 0.4) is 0 Å². The van der Waals surface area contributed by atoms with Crippen LogP contribution in [0.15, 0.2) is 24.3 Å². The number of hydrogen-bond acceptors (Lipinski definition) is 6. The Morgan fingerprint density at radius 2 is 1.95 bits per heavy atom. The van der Waals surface area contributed by atoms with Gasteiger partial charge in [-0.05, 0) is 24.1 Å². The molecule has 6 nitrogen and oxygen atoms in total. The molecule has 4 rings (SSSR count). The molecule has 0 aromatic heterocycles. The van der Waals surface area contributed by atoms with Crippen molar-refractivity contribution in [2.45, 2.75) is 12.5 Å². The number of ether oxygens (including phenoxy) is 2. The molecule has 0 bridgehead atoms. The molecule has 0 amide bonds. The summed E-state index contributed by atoms with van der Waals surface area (Å²) in [5.41, 5.74) is 2.19. The first kappa shape index (κ1) is 13.1. The van der Waals surface area contributed by atoms with E-state index in [4.69, 9.17) is 9.47 Å². The van der Waals surface area contributed by atoms with Crippen molar-refractivity contribution in [1.82, 2.24) is 5.32 Å². The first-order valence-electron chi connectivity index (χ1n) is 7.05. The monoisotopic (exact) mass is 301 g/mol. The molecular weight excluding hydrogens is 286 g/mol. The predicted octanol–water partition coefficient (Wildman–Crippen LogP) is 1.77. The van der Waals surface area contributed by atoms with Crippen LogP contribution in [0.2, 0.25) is 0 Å². The number of fused-ring (bicyclic) bond motifs is 2. The molecule has 0 spiro atoms. The highest BCUT2D eigenvalue weighted by Crippen LogP contribution is 2.48. The van der Waals surface area contributed by atoms with Crippen molar-refractivity contribution in [1.29, 1.82) is 0 Å². The van der Waals surface area contributed by atoms with Crippen molar-refractivity contribution in [3.8, 4) is 28.7 Å². The molecule has 1 atom stereocenters. The molecule has 0 radical (unpaired) electrons. The van der Waals surface area contributed by atoms with Crippen molar-refractivity contribution in [3.63, 3.8) is 0 Å². The van der Waals surface area contributed by atoms with Crippen LogP contribution < -0.4 is 14.8 Å². The molecule has 4 N–H and O–H groups in total. The van der Waals surface area contributed by atoms with Gasteiger partial charge >= 0.3 is 0 Å². The number of benzene rings is 2. The van der Waals surface area contributed by atoms with Gasteiger partial charge in [0.25, 0.3) is 0 Å². The van der Waals surface area contributed by atoms with Gasteiger partial charge in [-0.25, -0.2) is 0 Å². The number of aromatic hydroxyl groups is 3. The predicted molar refractivity (Wildman–Crippen MR) is 77.6 cm³/mol. The van der Waals surface area contributed by atoms with Gasteiger partial charge in [0.05, 0.1) is 6.04 Å². The second-order valence-corrected chi connectivity index (χ2v) is 5.38. The Bertz CT molecular complexity index is 759. The van der Waals surface area contributed by atoms with Crippen LogP contribution >= 0.6 is 0 Å². The van der Waals surface area contributed by atoms with Crippen molar-refractivity contribution in [3.05, 3.63) is 41.0 Å². The topological polar surface area (TPSA) is 91.2 Å². The molecule has 2 aromatic carbocycles. The lowest BCUT2D eigenvalue weighted by atomic mass is 9.88. The van der Waals surface area contributed by atoms with Gasteiger partial charge in [-0.1, -0.05) is 12.1 Å². The maximum absolute atomic E-state index is 10.3. The summed E-state index contributed by atoms with van der Waals surface area (Å²) in [6.45, 7) is 0.852. The van der Waals surface area contributed by atoms with E-state index in [0.717, 1.165) is 11.1 Å². The molecule has 114 valence electrons. The molecule has 2 aliphatic heterocycles. The van der Waals surface area contributed by atoms with Crippen LogP contribution in [0.1, 0.15) is 22.7 Å². The van der Waals surface area contributed by atoms with Crippen molar-refractivity contribution >= 4 is 0 Å². The molecule has 2 heterocycles. The zero-order valence-electron chi connectivity index (χ0n) is 11.7. The van der Waals surface area contributed by atoms with E-state index in [1.165, 1.54) is 6.07 Å². The fraction of sp³-hybridized carbons (Fsp3) is 0.250. The summed E-state index contributed by atoms with van der Waals surface area (Å²) in [5.74, 6) is 0.185. The van der Waals surface area contributed by atoms with E-state index in [1.807, 2.05) is 18.2 Å². The molecule has 22 heavy (non-hydrogen) atoms. The minimum atomic E-state index is -0.503. The third kappa shape index (κ3) is 1.77. The molecular formula is C16H15NO5. The lowest BCUT2D eigenvalue weighted by molar-refractivity contribution is 0.173. The average Bonchev–Trinajstić information content (AvgIpc) is 3.00. The second kappa shape index (κ2) is 4.71. The standard InChI is InChI=1S/C16H15NO5/c18-10-6-8-4-5-17-13(12(8)15(20)14(10)19)9-2-1-3-11-16(9)22-7-21-11/h1-3,6,13,17-20H,4-5,7H2. The largest absolute Gasteiger partial charge is 0.504 e. The summed E-state index contributed by atoms with van der Waals surface area (Å²) in [6.07, 6.45) is 0.652. The molecule has 6 heteroatoms. The van der Waals surface area contributed by atoms with E-state index >= 15 is 0 Å². The minimum Gasteiger partial charge on any atom is -0.504 e. The number of hydrogen-bond donors (Lipinski definition) is 4. The Kier molecular flexibility index (Phi) is 2.80. The van der Waals surface area contributed by atoms with Crippen molar-refractivity contribution < 1.29 is 24.8 Å². The Hall–Kier alpha value is -2.60. The highest BCUT2D eigenvalue weighted by molar-refractivity contribution is 5.62. The SMILES string of the molecule is Oc1cc2c(c(O)c1O)C(c1cccc3c1OCO3)NCC2. The van der Waals surface area contributed by atoms with Gasteiger partial charge in [0, 0.05) is 17.7 Å². The summed E-state index contributed by atoms with van der Waals surface area (Å²) in [6, 6.07) is 6.73. The van der Waals surface area contributed by atoms with E-state index in [2.05, 4.69) is 5.32 Å². The molecule has 0 aliphatic carbocycles. The molecule has 0 saturated heterocycles. The van der Waals surface area contributed by atoms with Gasteiger partial charge < -0.3 is 30.1 Å². The number of phenolic OH excluding ortho intramolecular Hbond substituents is 3. The lowest BCUT2D eigenvalue weighted by Crippen LogP contribution is -2.30. The van der Waals surface area contributed by atoms with E-state index in [1.54, 1.807) is 0 Å². The first-order valence-corrected chi connectivity index (χ1v) is 7.05. The third-order valence-corrected chi connectivity index (χ3v) is 4.15. The summed E-state index contributed by atoms with van der Waals surface area (Å²) in [4.78, 5) is 0. The average molecular weight is 301 g/mol. The molecule has 0 fully saturated rings. The van der Waals surface area contributed by atoms with E-state index < -0.39 is 5.75 Å². The summed E-state index contributed by atoms with van der Waals surface area (Å²) >= 11 is 0. The Morgan fingerprint density at radius 1 is 1.09 bits per heavy atom. The first-order chi connectivity index (χ1) is 10.7. The molecule has 0 saturated carbocycles. The fourth-order valence-corrected chi connectivity index (χ4v) is 3.14. The number of para-hydroxylation sites is 1. The van der Waals surface area contributed by atoms with E-state index in [0.29, 0.717) is 30.0 Å². The summed E-state index contributed by atoms with van der Waals surface area (Å²) in [5, 5.41) is 33.1. The van der Waals surface area contributed by atoms with Crippen molar-refractivity contribution in [2.24, 2.45) is 0 Å². The fourth-order valence-electron chi connectivity index (χ4n) is 3.14. The van der Waals surface area contributed by atoms with Crippen LogP contribution in [0.5, 0.6) is 28.7 Å². The Morgan fingerprint density at radius 3 is 2.82 bits per heavy atom. The smallest absolute Gasteiger partial charge is 0.231 e. The number of phenols is 3. The third-order valence-electron chi connectivity index (χ3n) is 4.15.